The summed E-state index contributed by atoms with van der Waals surface area (Å²) in [5.74, 6) is -0.489. The molecule has 0 unspecified atom stereocenters. The summed E-state index contributed by atoms with van der Waals surface area (Å²) in [6.45, 7) is 4.01. The maximum atomic E-state index is 13.3. The lowest BCUT2D eigenvalue weighted by molar-refractivity contribution is 0.0174. The molecule has 3 atom stereocenters. The predicted molar refractivity (Wildman–Crippen MR) is 111 cm³/mol. The monoisotopic (exact) mass is 403 g/mol. The Bertz CT molecular complexity index is 940. The average molecular weight is 404 g/mol. The summed E-state index contributed by atoms with van der Waals surface area (Å²) in [4.78, 5) is 0.241. The molecular formula is C22H29NO4S. The first-order chi connectivity index (χ1) is 13.2. The third kappa shape index (κ3) is 3.63. The molecule has 4 N–H and O–H groups in total. The lowest BCUT2D eigenvalue weighted by Gasteiger charge is -2.39. The van der Waals surface area contributed by atoms with E-state index >= 15 is 0 Å². The number of sulfone groups is 1. The van der Waals surface area contributed by atoms with E-state index < -0.39 is 27.3 Å². The van der Waals surface area contributed by atoms with Gasteiger partial charge in [0, 0.05) is 17.0 Å². The number of rotatable bonds is 5. The van der Waals surface area contributed by atoms with Crippen molar-refractivity contribution in [1.82, 2.24) is 0 Å². The van der Waals surface area contributed by atoms with Crippen molar-refractivity contribution >= 4 is 15.5 Å². The SMILES string of the molecule is CCCC[C@]1(CC)CS(=O)(=O)c2ccc(N)cc2[C@@H](c2ccc(O)cc2)[C@H]1O. The normalized spacial score (nSPS) is 26.4. The second-order valence-corrected chi connectivity index (χ2v) is 9.85. The summed E-state index contributed by atoms with van der Waals surface area (Å²) >= 11 is 0. The summed E-state index contributed by atoms with van der Waals surface area (Å²) in [7, 11) is -3.59. The first-order valence-corrected chi connectivity index (χ1v) is 11.5. The Balaban J connectivity index is 2.28. The van der Waals surface area contributed by atoms with Crippen LogP contribution in [0.2, 0.25) is 0 Å². The van der Waals surface area contributed by atoms with Gasteiger partial charge in [0.25, 0.3) is 0 Å². The lowest BCUT2D eigenvalue weighted by Crippen LogP contribution is -2.42. The van der Waals surface area contributed by atoms with Gasteiger partial charge in [-0.3, -0.25) is 0 Å². The third-order valence-corrected chi connectivity index (χ3v) is 8.11. The van der Waals surface area contributed by atoms with Gasteiger partial charge in [0.2, 0.25) is 0 Å². The molecule has 3 rings (SSSR count). The standard InChI is InChI=1S/C22H29NO4S/c1-3-5-12-22(4-2)14-28(26,27)19-11-8-16(23)13-18(19)20(21(22)25)15-6-9-17(24)10-7-15/h6-11,13,20-21,24-25H,3-5,12,14,23H2,1-2H3/t20-,21-,22-/m1/s1. The predicted octanol–water partition coefficient (Wildman–Crippen LogP) is 3.84. The first kappa shape index (κ1) is 20.7. The Kier molecular flexibility index (Phi) is 5.73. The lowest BCUT2D eigenvalue weighted by atomic mass is 9.69. The number of aliphatic hydroxyl groups is 1. The Hall–Kier alpha value is -2.05. The number of hydrogen-bond acceptors (Lipinski definition) is 5. The van der Waals surface area contributed by atoms with Crippen molar-refractivity contribution in [1.29, 1.82) is 0 Å². The number of aromatic hydroxyl groups is 1. The number of anilines is 1. The van der Waals surface area contributed by atoms with E-state index in [1.165, 1.54) is 0 Å². The van der Waals surface area contributed by atoms with Gasteiger partial charge in [-0.05, 0) is 54.3 Å². The molecule has 0 amide bonds. The molecule has 0 saturated heterocycles. The number of nitrogen functional groups attached to an aromatic ring is 1. The molecule has 0 aromatic heterocycles. The topological polar surface area (TPSA) is 101 Å². The number of nitrogens with two attached hydrogens (primary N) is 1. The molecule has 2 aromatic carbocycles. The zero-order chi connectivity index (χ0) is 20.5. The van der Waals surface area contributed by atoms with Crippen molar-refractivity contribution in [3.63, 3.8) is 0 Å². The molecule has 1 aliphatic rings. The van der Waals surface area contributed by atoms with Crippen LogP contribution in [-0.2, 0) is 9.84 Å². The molecule has 2 aromatic rings. The fourth-order valence-electron chi connectivity index (χ4n) is 4.44. The van der Waals surface area contributed by atoms with Crippen molar-refractivity contribution in [3.8, 4) is 5.75 Å². The fraction of sp³-hybridized carbons (Fsp3) is 0.455. The number of benzene rings is 2. The highest BCUT2D eigenvalue weighted by atomic mass is 32.2. The van der Waals surface area contributed by atoms with E-state index in [9.17, 15) is 18.6 Å². The molecule has 0 radical (unpaired) electrons. The minimum Gasteiger partial charge on any atom is -0.508 e. The van der Waals surface area contributed by atoms with Crippen LogP contribution in [-0.4, -0.2) is 30.5 Å². The Morgan fingerprint density at radius 1 is 1.14 bits per heavy atom. The van der Waals surface area contributed by atoms with Gasteiger partial charge in [0.15, 0.2) is 9.84 Å². The highest BCUT2D eigenvalue weighted by Crippen LogP contribution is 2.49. The van der Waals surface area contributed by atoms with Gasteiger partial charge in [-0.1, -0.05) is 38.8 Å². The first-order valence-electron chi connectivity index (χ1n) is 9.83. The van der Waals surface area contributed by atoms with Crippen LogP contribution in [0.5, 0.6) is 5.75 Å². The molecule has 0 bridgehead atoms. The number of fused-ring (bicyclic) bond motifs is 1. The maximum Gasteiger partial charge on any atom is 0.179 e. The van der Waals surface area contributed by atoms with Gasteiger partial charge in [0.05, 0.1) is 16.8 Å². The van der Waals surface area contributed by atoms with Crippen LogP contribution >= 0.6 is 0 Å². The van der Waals surface area contributed by atoms with E-state index in [1.54, 1.807) is 42.5 Å². The van der Waals surface area contributed by atoms with E-state index in [2.05, 4.69) is 6.92 Å². The van der Waals surface area contributed by atoms with Crippen LogP contribution in [0.1, 0.15) is 56.6 Å². The second kappa shape index (κ2) is 7.76. The third-order valence-electron chi connectivity index (χ3n) is 6.11. The molecule has 1 heterocycles. The van der Waals surface area contributed by atoms with Crippen LogP contribution in [0.4, 0.5) is 5.69 Å². The van der Waals surface area contributed by atoms with E-state index in [0.29, 0.717) is 24.1 Å². The van der Waals surface area contributed by atoms with Crippen LogP contribution < -0.4 is 5.73 Å². The molecule has 0 spiro atoms. The zero-order valence-electron chi connectivity index (χ0n) is 16.4. The number of phenols is 1. The maximum absolute atomic E-state index is 13.3. The second-order valence-electron chi connectivity index (χ2n) is 7.89. The summed E-state index contributed by atoms with van der Waals surface area (Å²) < 4.78 is 26.7. The van der Waals surface area contributed by atoms with Gasteiger partial charge in [-0.2, -0.15) is 0 Å². The molecule has 6 heteroatoms. The van der Waals surface area contributed by atoms with Crippen LogP contribution in [0, 0.1) is 5.41 Å². The van der Waals surface area contributed by atoms with E-state index in [4.69, 9.17) is 5.73 Å². The van der Waals surface area contributed by atoms with Gasteiger partial charge in [-0.15, -0.1) is 0 Å². The van der Waals surface area contributed by atoms with Crippen molar-refractivity contribution in [3.05, 3.63) is 53.6 Å². The molecule has 28 heavy (non-hydrogen) atoms. The van der Waals surface area contributed by atoms with E-state index in [0.717, 1.165) is 18.4 Å². The molecule has 152 valence electrons. The van der Waals surface area contributed by atoms with E-state index in [-0.39, 0.29) is 16.4 Å². The van der Waals surface area contributed by atoms with Gasteiger partial charge in [0.1, 0.15) is 5.75 Å². The molecule has 0 aliphatic carbocycles. The van der Waals surface area contributed by atoms with Crippen molar-refractivity contribution in [2.24, 2.45) is 5.41 Å². The Labute approximate surface area is 167 Å². The number of aliphatic hydroxyl groups excluding tert-OH is 1. The van der Waals surface area contributed by atoms with Crippen molar-refractivity contribution in [2.75, 3.05) is 11.5 Å². The van der Waals surface area contributed by atoms with Crippen molar-refractivity contribution in [2.45, 2.75) is 56.4 Å². The Morgan fingerprint density at radius 2 is 1.82 bits per heavy atom. The molecule has 0 saturated carbocycles. The van der Waals surface area contributed by atoms with Crippen molar-refractivity contribution < 1.29 is 18.6 Å². The largest absolute Gasteiger partial charge is 0.508 e. The number of phenolic OH excluding ortho intramolecular Hbond substituents is 1. The minimum atomic E-state index is -3.59. The van der Waals surface area contributed by atoms with Crippen LogP contribution in [0.25, 0.3) is 0 Å². The molecule has 5 nitrogen and oxygen atoms in total. The quantitative estimate of drug-likeness (QED) is 0.659. The minimum absolute atomic E-state index is 0.0802. The Morgan fingerprint density at radius 3 is 2.43 bits per heavy atom. The van der Waals surface area contributed by atoms with E-state index in [1.807, 2.05) is 6.92 Å². The van der Waals surface area contributed by atoms with Crippen LogP contribution in [0.15, 0.2) is 47.4 Å². The average Bonchev–Trinajstić information content (AvgIpc) is 2.72. The summed E-state index contributed by atoms with van der Waals surface area (Å²) in [6, 6.07) is 11.4. The number of unbranched alkanes of at least 4 members (excludes halogenated alkanes) is 1. The van der Waals surface area contributed by atoms with Gasteiger partial charge < -0.3 is 15.9 Å². The summed E-state index contributed by atoms with van der Waals surface area (Å²) in [5, 5.41) is 21.3. The van der Waals surface area contributed by atoms with Gasteiger partial charge in [-0.25, -0.2) is 8.42 Å². The fourth-order valence-corrected chi connectivity index (χ4v) is 6.69. The summed E-state index contributed by atoms with van der Waals surface area (Å²) in [6.07, 6.45) is 2.09. The highest BCUT2D eigenvalue weighted by molar-refractivity contribution is 7.91. The van der Waals surface area contributed by atoms with Crippen LogP contribution in [0.3, 0.4) is 0 Å². The number of hydrogen-bond donors (Lipinski definition) is 3. The van der Waals surface area contributed by atoms with Gasteiger partial charge >= 0.3 is 0 Å². The molecule has 1 aliphatic heterocycles. The smallest absolute Gasteiger partial charge is 0.179 e. The summed E-state index contributed by atoms with van der Waals surface area (Å²) in [5.41, 5.74) is 7.01. The molecular weight excluding hydrogens is 374 g/mol. The highest BCUT2D eigenvalue weighted by Gasteiger charge is 2.48. The molecule has 0 fully saturated rings. The zero-order valence-corrected chi connectivity index (χ0v) is 17.2.